The minimum absolute atomic E-state index is 0.375. The van der Waals surface area contributed by atoms with Crippen molar-refractivity contribution in [3.63, 3.8) is 0 Å². The smallest absolute Gasteiger partial charge is 0.312 e. The lowest BCUT2D eigenvalue weighted by Gasteiger charge is -2.21. The Bertz CT molecular complexity index is 501. The van der Waals surface area contributed by atoms with Gasteiger partial charge in [-0.05, 0) is 25.2 Å². The number of imidazole rings is 1. The van der Waals surface area contributed by atoms with Crippen molar-refractivity contribution in [2.45, 2.75) is 63.7 Å². The van der Waals surface area contributed by atoms with E-state index in [4.69, 9.17) is 0 Å². The molecular formula is C16H24N2O2. The summed E-state index contributed by atoms with van der Waals surface area (Å²) in [4.78, 5) is 15.9. The van der Waals surface area contributed by atoms with E-state index in [0.717, 1.165) is 36.0 Å². The molecule has 110 valence electrons. The number of aryl methyl sites for hydroxylation is 1. The van der Waals surface area contributed by atoms with Crippen molar-refractivity contribution in [3.05, 3.63) is 17.2 Å². The number of carboxylic acid groups (broad SMARTS) is 1. The number of aromatic nitrogens is 2. The average molecular weight is 276 g/mol. The molecule has 4 heteroatoms. The molecule has 1 aromatic rings. The van der Waals surface area contributed by atoms with Gasteiger partial charge in [0.15, 0.2) is 0 Å². The third-order valence-corrected chi connectivity index (χ3v) is 5.14. The van der Waals surface area contributed by atoms with Crippen LogP contribution in [0.5, 0.6) is 0 Å². The van der Waals surface area contributed by atoms with Crippen LogP contribution in [-0.2, 0) is 24.7 Å². The molecule has 2 aliphatic rings. The minimum Gasteiger partial charge on any atom is -0.481 e. The SMILES string of the molecule is Cn1c(CCC2CCCCC2)nc2c1CCC2C(=O)O. The lowest BCUT2D eigenvalue weighted by atomic mass is 9.86. The van der Waals surface area contributed by atoms with Gasteiger partial charge in [-0.15, -0.1) is 0 Å². The normalized spacial score (nSPS) is 22.9. The van der Waals surface area contributed by atoms with E-state index in [1.165, 1.54) is 38.5 Å². The second-order valence-corrected chi connectivity index (χ2v) is 6.39. The largest absolute Gasteiger partial charge is 0.481 e. The molecular weight excluding hydrogens is 252 g/mol. The molecule has 0 aromatic carbocycles. The van der Waals surface area contributed by atoms with Gasteiger partial charge in [0.25, 0.3) is 0 Å². The minimum atomic E-state index is -0.722. The molecule has 1 unspecified atom stereocenters. The fourth-order valence-electron chi connectivity index (χ4n) is 3.87. The van der Waals surface area contributed by atoms with Crippen LogP contribution in [0.15, 0.2) is 0 Å². The van der Waals surface area contributed by atoms with E-state index in [1.807, 2.05) is 7.05 Å². The molecule has 3 rings (SSSR count). The van der Waals surface area contributed by atoms with Gasteiger partial charge in [-0.25, -0.2) is 4.98 Å². The van der Waals surface area contributed by atoms with Crippen molar-refractivity contribution < 1.29 is 9.90 Å². The molecule has 0 aliphatic heterocycles. The van der Waals surface area contributed by atoms with Crippen molar-refractivity contribution in [1.82, 2.24) is 9.55 Å². The molecule has 1 fully saturated rings. The lowest BCUT2D eigenvalue weighted by molar-refractivity contribution is -0.138. The molecule has 4 nitrogen and oxygen atoms in total. The highest BCUT2D eigenvalue weighted by molar-refractivity contribution is 5.76. The van der Waals surface area contributed by atoms with Gasteiger partial charge in [-0.3, -0.25) is 4.79 Å². The number of aliphatic carboxylic acids is 1. The van der Waals surface area contributed by atoms with Gasteiger partial charge in [0.2, 0.25) is 0 Å². The van der Waals surface area contributed by atoms with E-state index in [1.54, 1.807) is 0 Å². The first-order chi connectivity index (χ1) is 9.66. The standard InChI is InChI=1S/C16H24N2O2/c1-18-13-9-8-12(16(19)20)15(13)17-14(18)10-7-11-5-3-2-4-6-11/h11-12H,2-10H2,1H3,(H,19,20). The monoisotopic (exact) mass is 276 g/mol. The number of hydrogen-bond donors (Lipinski definition) is 1. The summed E-state index contributed by atoms with van der Waals surface area (Å²) >= 11 is 0. The fourth-order valence-corrected chi connectivity index (χ4v) is 3.87. The third-order valence-electron chi connectivity index (χ3n) is 5.14. The Kier molecular flexibility index (Phi) is 3.81. The number of nitrogens with zero attached hydrogens (tertiary/aromatic N) is 2. The zero-order valence-electron chi connectivity index (χ0n) is 12.3. The van der Waals surface area contributed by atoms with Gasteiger partial charge in [-0.1, -0.05) is 32.1 Å². The molecule has 2 aliphatic carbocycles. The van der Waals surface area contributed by atoms with Crippen molar-refractivity contribution in [1.29, 1.82) is 0 Å². The molecule has 0 radical (unpaired) electrons. The number of fused-ring (bicyclic) bond motifs is 1. The lowest BCUT2D eigenvalue weighted by Crippen LogP contribution is -2.11. The van der Waals surface area contributed by atoms with Crippen LogP contribution < -0.4 is 0 Å². The summed E-state index contributed by atoms with van der Waals surface area (Å²) < 4.78 is 2.15. The van der Waals surface area contributed by atoms with Crippen LogP contribution in [0.2, 0.25) is 0 Å². The first kappa shape index (κ1) is 13.7. The quantitative estimate of drug-likeness (QED) is 0.919. The zero-order chi connectivity index (χ0) is 14.1. The Morgan fingerprint density at radius 1 is 1.30 bits per heavy atom. The van der Waals surface area contributed by atoms with Crippen molar-refractivity contribution in [3.8, 4) is 0 Å². The van der Waals surface area contributed by atoms with Crippen LogP contribution in [0.25, 0.3) is 0 Å². The van der Waals surface area contributed by atoms with Crippen LogP contribution in [0, 0.1) is 5.92 Å². The molecule has 20 heavy (non-hydrogen) atoms. The maximum Gasteiger partial charge on any atom is 0.312 e. The maximum absolute atomic E-state index is 11.2. The summed E-state index contributed by atoms with van der Waals surface area (Å²) in [7, 11) is 2.05. The van der Waals surface area contributed by atoms with Crippen LogP contribution in [0.1, 0.15) is 68.1 Å². The Hall–Kier alpha value is -1.32. The van der Waals surface area contributed by atoms with Crippen molar-refractivity contribution in [2.24, 2.45) is 13.0 Å². The second-order valence-electron chi connectivity index (χ2n) is 6.39. The van der Waals surface area contributed by atoms with Gasteiger partial charge >= 0.3 is 5.97 Å². The summed E-state index contributed by atoms with van der Waals surface area (Å²) in [5, 5.41) is 9.24. The van der Waals surface area contributed by atoms with E-state index >= 15 is 0 Å². The Balaban J connectivity index is 1.69. The van der Waals surface area contributed by atoms with E-state index in [9.17, 15) is 9.90 Å². The molecule has 0 saturated heterocycles. The van der Waals surface area contributed by atoms with E-state index in [0.29, 0.717) is 6.42 Å². The van der Waals surface area contributed by atoms with Gasteiger partial charge in [0.1, 0.15) is 11.7 Å². The number of carboxylic acids is 1. The zero-order valence-corrected chi connectivity index (χ0v) is 12.3. The van der Waals surface area contributed by atoms with E-state index in [-0.39, 0.29) is 5.92 Å². The van der Waals surface area contributed by atoms with Gasteiger partial charge < -0.3 is 9.67 Å². The summed E-state index contributed by atoms with van der Waals surface area (Å²) in [5.74, 6) is 0.845. The van der Waals surface area contributed by atoms with E-state index in [2.05, 4.69) is 9.55 Å². The number of hydrogen-bond acceptors (Lipinski definition) is 2. The van der Waals surface area contributed by atoms with Crippen molar-refractivity contribution in [2.75, 3.05) is 0 Å². The first-order valence-electron chi connectivity index (χ1n) is 7.94. The van der Waals surface area contributed by atoms with Gasteiger partial charge in [0, 0.05) is 19.2 Å². The maximum atomic E-state index is 11.2. The predicted molar refractivity (Wildman–Crippen MR) is 76.8 cm³/mol. The molecule has 0 spiro atoms. The third kappa shape index (κ3) is 2.48. The van der Waals surface area contributed by atoms with Crippen LogP contribution in [-0.4, -0.2) is 20.6 Å². The predicted octanol–water partition coefficient (Wildman–Crippen LogP) is 3.05. The molecule has 0 bridgehead atoms. The van der Waals surface area contributed by atoms with E-state index < -0.39 is 5.97 Å². The topological polar surface area (TPSA) is 55.1 Å². The summed E-state index contributed by atoms with van der Waals surface area (Å²) in [6.07, 6.45) is 10.7. The van der Waals surface area contributed by atoms with Crippen LogP contribution in [0.3, 0.4) is 0 Å². The Morgan fingerprint density at radius 2 is 2.05 bits per heavy atom. The molecule has 1 saturated carbocycles. The summed E-state index contributed by atoms with van der Waals surface area (Å²) in [5.41, 5.74) is 1.98. The molecule has 1 aromatic heterocycles. The molecule has 0 amide bonds. The Labute approximate surface area is 120 Å². The second kappa shape index (κ2) is 5.58. The van der Waals surface area contributed by atoms with Crippen LogP contribution in [0.4, 0.5) is 0 Å². The van der Waals surface area contributed by atoms with Crippen LogP contribution >= 0.6 is 0 Å². The highest BCUT2D eigenvalue weighted by Crippen LogP contribution is 2.34. The fraction of sp³-hybridized carbons (Fsp3) is 0.750. The summed E-state index contributed by atoms with van der Waals surface area (Å²) in [6, 6.07) is 0. The molecule has 1 N–H and O–H groups in total. The van der Waals surface area contributed by atoms with Gasteiger partial charge in [0.05, 0.1) is 5.69 Å². The Morgan fingerprint density at radius 3 is 2.75 bits per heavy atom. The summed E-state index contributed by atoms with van der Waals surface area (Å²) in [6.45, 7) is 0. The molecule has 1 atom stereocenters. The number of rotatable bonds is 4. The molecule has 1 heterocycles. The highest BCUT2D eigenvalue weighted by Gasteiger charge is 2.33. The number of carbonyl (C=O) groups is 1. The van der Waals surface area contributed by atoms with Crippen molar-refractivity contribution >= 4 is 5.97 Å². The highest BCUT2D eigenvalue weighted by atomic mass is 16.4. The first-order valence-corrected chi connectivity index (χ1v) is 7.94. The average Bonchev–Trinajstić information content (AvgIpc) is 2.99. The van der Waals surface area contributed by atoms with Gasteiger partial charge in [-0.2, -0.15) is 0 Å².